The zero-order chi connectivity index (χ0) is 15.3. The van der Waals surface area contributed by atoms with Crippen molar-refractivity contribution in [3.63, 3.8) is 0 Å². The van der Waals surface area contributed by atoms with E-state index in [1.165, 1.54) is 4.90 Å². The largest absolute Gasteiger partial charge is 0.450 e. The Morgan fingerprint density at radius 1 is 1.30 bits per heavy atom. The molecule has 2 amide bonds. The average Bonchev–Trinajstić information content (AvgIpc) is 2.36. The monoisotopic (exact) mass is 286 g/mol. The lowest BCUT2D eigenvalue weighted by molar-refractivity contribution is -0.918. The average molecular weight is 286 g/mol. The van der Waals surface area contributed by atoms with Crippen LogP contribution in [0.2, 0.25) is 0 Å². The molecule has 1 heterocycles. The summed E-state index contributed by atoms with van der Waals surface area (Å²) >= 11 is 0. The predicted molar refractivity (Wildman–Crippen MR) is 76.6 cm³/mol. The summed E-state index contributed by atoms with van der Waals surface area (Å²) in [5.74, 6) is 0.0667. The smallest absolute Gasteiger partial charge is 0.410 e. The van der Waals surface area contributed by atoms with Gasteiger partial charge in [-0.25, -0.2) is 4.79 Å². The maximum absolute atomic E-state index is 12.1. The van der Waals surface area contributed by atoms with E-state index in [9.17, 15) is 9.59 Å². The molecule has 6 nitrogen and oxygen atoms in total. The fourth-order valence-corrected chi connectivity index (χ4v) is 2.29. The predicted octanol–water partition coefficient (Wildman–Crippen LogP) is -0.353. The summed E-state index contributed by atoms with van der Waals surface area (Å²) in [7, 11) is 0. The van der Waals surface area contributed by atoms with Crippen molar-refractivity contribution in [3.05, 3.63) is 0 Å². The van der Waals surface area contributed by atoms with Gasteiger partial charge in [-0.15, -0.1) is 0 Å². The van der Waals surface area contributed by atoms with Crippen LogP contribution in [-0.4, -0.2) is 61.3 Å². The number of rotatable bonds is 3. The molecular formula is C14H28N3O3+. The minimum Gasteiger partial charge on any atom is -0.450 e. The molecule has 1 aliphatic rings. The molecule has 0 aliphatic carbocycles. The lowest BCUT2D eigenvalue weighted by atomic mass is 10.1. The maximum atomic E-state index is 12.1. The molecule has 1 saturated heterocycles. The number of nitrogens with one attached hydrogen (secondary N) is 2. The summed E-state index contributed by atoms with van der Waals surface area (Å²) in [6.07, 6.45) is -0.252. The first-order chi connectivity index (χ1) is 9.24. The lowest BCUT2D eigenvalue weighted by Gasteiger charge is -2.35. The highest BCUT2D eigenvalue weighted by Gasteiger charge is 2.32. The molecule has 6 heteroatoms. The van der Waals surface area contributed by atoms with Crippen molar-refractivity contribution in [1.29, 1.82) is 0 Å². The van der Waals surface area contributed by atoms with Crippen molar-refractivity contribution < 1.29 is 19.2 Å². The van der Waals surface area contributed by atoms with Crippen LogP contribution >= 0.6 is 0 Å². The molecule has 0 unspecified atom stereocenters. The molecule has 2 N–H and O–H groups in total. The zero-order valence-corrected chi connectivity index (χ0v) is 13.3. The second kappa shape index (κ2) is 6.92. The SMILES string of the molecule is CCOC(=O)N1CC[NH+]([C@@H](C)C(=O)NC(C)(C)C)CC1. The first kappa shape index (κ1) is 16.8. The normalized spacial score (nSPS) is 18.6. The molecule has 0 aromatic heterocycles. The van der Waals surface area contributed by atoms with E-state index in [0.29, 0.717) is 19.7 Å². The van der Waals surface area contributed by atoms with Gasteiger partial charge in [-0.3, -0.25) is 9.69 Å². The van der Waals surface area contributed by atoms with Gasteiger partial charge in [0.1, 0.15) is 0 Å². The van der Waals surface area contributed by atoms with Gasteiger partial charge in [0, 0.05) is 5.54 Å². The molecular weight excluding hydrogens is 258 g/mol. The van der Waals surface area contributed by atoms with Crippen molar-refractivity contribution in [3.8, 4) is 0 Å². The van der Waals surface area contributed by atoms with Crippen molar-refractivity contribution >= 4 is 12.0 Å². The standard InChI is InChI=1S/C14H27N3O3/c1-6-20-13(19)17-9-7-16(8-10-17)11(2)12(18)15-14(3,4)5/h11H,6-10H2,1-5H3,(H,15,18)/p+1/t11-/m0/s1. The van der Waals surface area contributed by atoms with E-state index < -0.39 is 0 Å². The Morgan fingerprint density at radius 2 is 1.85 bits per heavy atom. The minimum atomic E-state index is -0.252. The summed E-state index contributed by atoms with van der Waals surface area (Å²) in [5.41, 5.74) is -0.211. The fraction of sp³-hybridized carbons (Fsp3) is 0.857. The van der Waals surface area contributed by atoms with E-state index in [4.69, 9.17) is 4.74 Å². The van der Waals surface area contributed by atoms with Crippen molar-refractivity contribution in [2.75, 3.05) is 32.8 Å². The van der Waals surface area contributed by atoms with Crippen molar-refractivity contribution in [2.45, 2.75) is 46.2 Å². The highest BCUT2D eigenvalue weighted by Crippen LogP contribution is 1.99. The molecule has 0 bridgehead atoms. The van der Waals surface area contributed by atoms with Crippen LogP contribution < -0.4 is 10.2 Å². The molecule has 0 radical (unpaired) electrons. The summed E-state index contributed by atoms with van der Waals surface area (Å²) in [4.78, 5) is 26.7. The number of piperazine rings is 1. The number of carbonyl (C=O) groups is 2. The van der Waals surface area contributed by atoms with Gasteiger partial charge >= 0.3 is 6.09 Å². The lowest BCUT2D eigenvalue weighted by Crippen LogP contribution is -3.19. The Labute approximate surface area is 121 Å². The number of nitrogens with zero attached hydrogens (tertiary/aromatic N) is 1. The van der Waals surface area contributed by atoms with Gasteiger partial charge in [0.25, 0.3) is 5.91 Å². The van der Waals surface area contributed by atoms with Gasteiger partial charge in [-0.05, 0) is 34.6 Å². The summed E-state index contributed by atoms with van der Waals surface area (Å²) in [5, 5.41) is 3.01. The first-order valence-corrected chi connectivity index (χ1v) is 7.33. The van der Waals surface area contributed by atoms with E-state index in [1.54, 1.807) is 11.8 Å². The highest BCUT2D eigenvalue weighted by atomic mass is 16.6. The van der Waals surface area contributed by atoms with Crippen LogP contribution in [0.3, 0.4) is 0 Å². The van der Waals surface area contributed by atoms with Gasteiger partial charge in [-0.2, -0.15) is 0 Å². The minimum absolute atomic E-state index is 0.0667. The molecule has 0 aromatic carbocycles. The van der Waals surface area contributed by atoms with Gasteiger partial charge in [0.2, 0.25) is 0 Å². The van der Waals surface area contributed by atoms with Crippen LogP contribution in [0.1, 0.15) is 34.6 Å². The van der Waals surface area contributed by atoms with Crippen LogP contribution in [0.15, 0.2) is 0 Å². The van der Waals surface area contributed by atoms with Crippen LogP contribution in [0.4, 0.5) is 4.79 Å². The molecule has 116 valence electrons. The molecule has 0 saturated carbocycles. The topological polar surface area (TPSA) is 63.1 Å². The highest BCUT2D eigenvalue weighted by molar-refractivity contribution is 5.80. The number of carbonyl (C=O) groups excluding carboxylic acids is 2. The second-order valence-electron chi connectivity index (χ2n) is 6.31. The Kier molecular flexibility index (Phi) is 5.80. The molecule has 1 aliphatic heterocycles. The van der Waals surface area contributed by atoms with Gasteiger partial charge < -0.3 is 15.0 Å². The van der Waals surface area contributed by atoms with Gasteiger partial charge in [0.05, 0.1) is 32.8 Å². The third-order valence-electron chi connectivity index (χ3n) is 3.44. The molecule has 0 aromatic rings. The molecule has 20 heavy (non-hydrogen) atoms. The van der Waals surface area contributed by atoms with Gasteiger partial charge in [0.15, 0.2) is 6.04 Å². The Bertz CT molecular complexity index is 344. The van der Waals surface area contributed by atoms with E-state index in [0.717, 1.165) is 13.1 Å². The number of quaternary nitrogens is 1. The van der Waals surface area contributed by atoms with E-state index in [2.05, 4.69) is 5.32 Å². The fourth-order valence-electron chi connectivity index (χ4n) is 2.29. The van der Waals surface area contributed by atoms with Crippen molar-refractivity contribution in [2.24, 2.45) is 0 Å². The molecule has 1 rings (SSSR count). The van der Waals surface area contributed by atoms with E-state index in [1.807, 2.05) is 27.7 Å². The molecule has 0 spiro atoms. The zero-order valence-electron chi connectivity index (χ0n) is 13.3. The first-order valence-electron chi connectivity index (χ1n) is 7.33. The van der Waals surface area contributed by atoms with Gasteiger partial charge in [-0.1, -0.05) is 0 Å². The summed E-state index contributed by atoms with van der Waals surface area (Å²) in [6.45, 7) is 12.9. The van der Waals surface area contributed by atoms with Crippen LogP contribution in [0.25, 0.3) is 0 Å². The van der Waals surface area contributed by atoms with Crippen LogP contribution in [-0.2, 0) is 9.53 Å². The molecule has 1 atom stereocenters. The molecule has 1 fully saturated rings. The third kappa shape index (κ3) is 5.00. The summed E-state index contributed by atoms with van der Waals surface area (Å²) < 4.78 is 4.99. The second-order valence-corrected chi connectivity index (χ2v) is 6.31. The maximum Gasteiger partial charge on any atom is 0.410 e. The van der Waals surface area contributed by atoms with Crippen LogP contribution in [0, 0.1) is 0 Å². The number of amides is 2. The Morgan fingerprint density at radius 3 is 2.30 bits per heavy atom. The van der Waals surface area contributed by atoms with Crippen LogP contribution in [0.5, 0.6) is 0 Å². The number of hydrogen-bond acceptors (Lipinski definition) is 3. The van der Waals surface area contributed by atoms with Crippen molar-refractivity contribution in [1.82, 2.24) is 10.2 Å². The Balaban J connectivity index is 2.44. The van der Waals surface area contributed by atoms with E-state index in [-0.39, 0.29) is 23.6 Å². The number of ether oxygens (including phenoxy) is 1. The number of hydrogen-bond donors (Lipinski definition) is 2. The van der Waals surface area contributed by atoms with E-state index >= 15 is 0 Å². The summed E-state index contributed by atoms with van der Waals surface area (Å²) in [6, 6.07) is -0.0985. The third-order valence-corrected chi connectivity index (χ3v) is 3.44. The quantitative estimate of drug-likeness (QED) is 0.745. The Hall–Kier alpha value is -1.30.